The highest BCUT2D eigenvalue weighted by molar-refractivity contribution is 5.86. The summed E-state index contributed by atoms with van der Waals surface area (Å²) in [7, 11) is 0. The van der Waals surface area contributed by atoms with Crippen molar-refractivity contribution in [1.29, 1.82) is 0 Å². The predicted molar refractivity (Wildman–Crippen MR) is 68.3 cm³/mol. The van der Waals surface area contributed by atoms with Gasteiger partial charge in [0.15, 0.2) is 0 Å². The highest BCUT2D eigenvalue weighted by Crippen LogP contribution is 2.28. The maximum absolute atomic E-state index is 13.1. The Bertz CT molecular complexity index is 441. The molecule has 0 unspecified atom stereocenters. The topological polar surface area (TPSA) is 55.1 Å². The van der Waals surface area contributed by atoms with E-state index < -0.39 is 5.54 Å². The summed E-state index contributed by atoms with van der Waals surface area (Å²) in [5.41, 5.74) is 6.09. The zero-order chi connectivity index (χ0) is 13.2. The lowest BCUT2D eigenvalue weighted by molar-refractivity contribution is -0.126. The Hall–Kier alpha value is -1.42. The zero-order valence-electron chi connectivity index (χ0n) is 10.6. The molecule has 0 aliphatic heterocycles. The van der Waals surface area contributed by atoms with Crippen molar-refractivity contribution < 1.29 is 9.18 Å². The first kappa shape index (κ1) is 13.0. The van der Waals surface area contributed by atoms with Gasteiger partial charge in [-0.15, -0.1) is 0 Å². The number of hydrogen-bond acceptors (Lipinski definition) is 2. The van der Waals surface area contributed by atoms with Gasteiger partial charge in [-0.1, -0.05) is 25.0 Å². The highest BCUT2D eigenvalue weighted by atomic mass is 19.1. The molecule has 1 saturated carbocycles. The minimum absolute atomic E-state index is 0.128. The number of hydrogen-bond donors (Lipinski definition) is 2. The molecule has 3 nitrogen and oxygen atoms in total. The van der Waals surface area contributed by atoms with Crippen LogP contribution in [0.25, 0.3) is 0 Å². The number of nitrogens with one attached hydrogen (secondary N) is 1. The molecule has 2 rings (SSSR count). The standard InChI is InChI=1S/C14H19FN2O/c1-10(11-5-4-6-12(15)9-11)17-13(18)14(16)7-2-3-8-14/h4-6,9-10H,2-3,7-8,16H2,1H3,(H,17,18)/t10-/m0/s1. The molecule has 4 heteroatoms. The van der Waals surface area contributed by atoms with E-state index >= 15 is 0 Å². The van der Waals surface area contributed by atoms with Crippen LogP contribution in [0.4, 0.5) is 4.39 Å². The lowest BCUT2D eigenvalue weighted by atomic mass is 9.97. The fourth-order valence-corrected chi connectivity index (χ4v) is 2.43. The lowest BCUT2D eigenvalue weighted by Crippen LogP contribution is -2.52. The van der Waals surface area contributed by atoms with Crippen molar-refractivity contribution in [2.75, 3.05) is 0 Å². The fourth-order valence-electron chi connectivity index (χ4n) is 2.43. The second-order valence-corrected chi connectivity index (χ2v) is 5.11. The lowest BCUT2D eigenvalue weighted by Gasteiger charge is -2.25. The largest absolute Gasteiger partial charge is 0.348 e. The first-order chi connectivity index (χ1) is 8.51. The summed E-state index contributed by atoms with van der Waals surface area (Å²) in [6.07, 6.45) is 3.46. The molecule has 0 saturated heterocycles. The van der Waals surface area contributed by atoms with Gasteiger partial charge in [-0.25, -0.2) is 4.39 Å². The van der Waals surface area contributed by atoms with E-state index in [4.69, 9.17) is 5.73 Å². The minimum atomic E-state index is -0.735. The van der Waals surface area contributed by atoms with E-state index in [1.807, 2.05) is 6.92 Å². The molecular weight excluding hydrogens is 231 g/mol. The van der Waals surface area contributed by atoms with E-state index in [0.717, 1.165) is 31.2 Å². The van der Waals surface area contributed by atoms with E-state index in [0.29, 0.717) is 0 Å². The number of amides is 1. The van der Waals surface area contributed by atoms with E-state index in [9.17, 15) is 9.18 Å². The zero-order valence-corrected chi connectivity index (χ0v) is 10.6. The van der Waals surface area contributed by atoms with Crippen LogP contribution >= 0.6 is 0 Å². The number of rotatable bonds is 3. The SMILES string of the molecule is C[C@H](NC(=O)C1(N)CCCC1)c1cccc(F)c1. The van der Waals surface area contributed by atoms with Gasteiger partial charge < -0.3 is 11.1 Å². The average molecular weight is 250 g/mol. The summed E-state index contributed by atoms with van der Waals surface area (Å²) in [4.78, 5) is 12.1. The third-order valence-electron chi connectivity index (χ3n) is 3.64. The monoisotopic (exact) mass is 250 g/mol. The molecule has 0 bridgehead atoms. The molecule has 18 heavy (non-hydrogen) atoms. The van der Waals surface area contributed by atoms with Crippen molar-refractivity contribution in [3.05, 3.63) is 35.6 Å². The van der Waals surface area contributed by atoms with Gasteiger partial charge in [-0.2, -0.15) is 0 Å². The van der Waals surface area contributed by atoms with Crippen molar-refractivity contribution in [3.63, 3.8) is 0 Å². The quantitative estimate of drug-likeness (QED) is 0.864. The molecule has 0 spiro atoms. The van der Waals surface area contributed by atoms with Crippen LogP contribution in [0.1, 0.15) is 44.2 Å². The Morgan fingerprint density at radius 3 is 2.72 bits per heavy atom. The van der Waals surface area contributed by atoms with Crippen LogP contribution in [0.15, 0.2) is 24.3 Å². The molecule has 1 aromatic carbocycles. The molecule has 98 valence electrons. The van der Waals surface area contributed by atoms with Crippen molar-refractivity contribution in [2.24, 2.45) is 5.73 Å². The van der Waals surface area contributed by atoms with Crippen molar-refractivity contribution in [2.45, 2.75) is 44.2 Å². The van der Waals surface area contributed by atoms with Gasteiger partial charge in [-0.3, -0.25) is 4.79 Å². The molecule has 1 atom stereocenters. The molecule has 0 radical (unpaired) electrons. The predicted octanol–water partition coefficient (Wildman–Crippen LogP) is 2.27. The number of carbonyl (C=O) groups excluding carboxylic acids is 1. The second kappa shape index (κ2) is 5.06. The summed E-state index contributed by atoms with van der Waals surface area (Å²) < 4.78 is 13.1. The van der Waals surface area contributed by atoms with Gasteiger partial charge in [-0.05, 0) is 37.5 Å². The highest BCUT2D eigenvalue weighted by Gasteiger charge is 2.37. The third-order valence-corrected chi connectivity index (χ3v) is 3.64. The van der Waals surface area contributed by atoms with Crippen LogP contribution in [0.2, 0.25) is 0 Å². The maximum atomic E-state index is 13.1. The van der Waals surface area contributed by atoms with Crippen molar-refractivity contribution >= 4 is 5.91 Å². The summed E-state index contributed by atoms with van der Waals surface area (Å²) in [5, 5.41) is 2.88. The molecule has 1 aromatic rings. The Kier molecular flexibility index (Phi) is 3.66. The van der Waals surface area contributed by atoms with Gasteiger partial charge in [0.25, 0.3) is 0 Å². The average Bonchev–Trinajstić information content (AvgIpc) is 2.77. The van der Waals surface area contributed by atoms with Crippen LogP contribution in [-0.4, -0.2) is 11.4 Å². The van der Waals surface area contributed by atoms with Gasteiger partial charge in [0, 0.05) is 0 Å². The number of nitrogens with two attached hydrogens (primary N) is 1. The molecule has 0 aromatic heterocycles. The maximum Gasteiger partial charge on any atom is 0.240 e. The van der Waals surface area contributed by atoms with E-state index in [1.165, 1.54) is 12.1 Å². The van der Waals surface area contributed by atoms with Crippen LogP contribution < -0.4 is 11.1 Å². The van der Waals surface area contributed by atoms with Gasteiger partial charge >= 0.3 is 0 Å². The van der Waals surface area contributed by atoms with E-state index in [2.05, 4.69) is 5.32 Å². The number of benzene rings is 1. The minimum Gasteiger partial charge on any atom is -0.348 e. The van der Waals surface area contributed by atoms with Gasteiger partial charge in [0.1, 0.15) is 5.82 Å². The normalized spacial score (nSPS) is 19.5. The fraction of sp³-hybridized carbons (Fsp3) is 0.500. The Labute approximate surface area is 107 Å². The first-order valence-electron chi connectivity index (χ1n) is 6.36. The van der Waals surface area contributed by atoms with Crippen molar-refractivity contribution in [1.82, 2.24) is 5.32 Å². The smallest absolute Gasteiger partial charge is 0.240 e. The first-order valence-corrected chi connectivity index (χ1v) is 6.36. The Morgan fingerprint density at radius 1 is 1.44 bits per heavy atom. The molecule has 1 aliphatic carbocycles. The van der Waals surface area contributed by atoms with Crippen LogP contribution in [0, 0.1) is 5.82 Å². The number of carbonyl (C=O) groups is 1. The summed E-state index contributed by atoms with van der Waals surface area (Å²) in [6.45, 7) is 1.84. The Balaban J connectivity index is 2.03. The molecule has 1 aliphatic rings. The summed E-state index contributed by atoms with van der Waals surface area (Å²) in [6, 6.07) is 6.03. The molecule has 3 N–H and O–H groups in total. The molecule has 0 heterocycles. The van der Waals surface area contributed by atoms with Crippen LogP contribution in [0.3, 0.4) is 0 Å². The van der Waals surface area contributed by atoms with Gasteiger partial charge in [0.05, 0.1) is 11.6 Å². The van der Waals surface area contributed by atoms with Crippen LogP contribution in [0.5, 0.6) is 0 Å². The summed E-state index contributed by atoms with van der Waals surface area (Å²) in [5.74, 6) is -0.423. The Morgan fingerprint density at radius 2 is 2.11 bits per heavy atom. The molecular formula is C14H19FN2O. The third kappa shape index (κ3) is 2.70. The van der Waals surface area contributed by atoms with Crippen molar-refractivity contribution in [3.8, 4) is 0 Å². The summed E-state index contributed by atoms with van der Waals surface area (Å²) >= 11 is 0. The molecule has 1 fully saturated rings. The van der Waals surface area contributed by atoms with E-state index in [-0.39, 0.29) is 17.8 Å². The van der Waals surface area contributed by atoms with E-state index in [1.54, 1.807) is 12.1 Å². The molecule has 1 amide bonds. The second-order valence-electron chi connectivity index (χ2n) is 5.11. The van der Waals surface area contributed by atoms with Crippen LogP contribution in [-0.2, 0) is 4.79 Å². The number of halogens is 1. The van der Waals surface area contributed by atoms with Gasteiger partial charge in [0.2, 0.25) is 5.91 Å².